The Bertz CT molecular complexity index is 383. The highest BCUT2D eigenvalue weighted by molar-refractivity contribution is 5.85. The van der Waals surface area contributed by atoms with Crippen LogP contribution in [0.1, 0.15) is 18.5 Å². The van der Waals surface area contributed by atoms with E-state index in [2.05, 4.69) is 17.1 Å². The largest absolute Gasteiger partial charge is 0.497 e. The predicted molar refractivity (Wildman–Crippen MR) is 73.1 cm³/mol. The quantitative estimate of drug-likeness (QED) is 0.915. The van der Waals surface area contributed by atoms with Crippen molar-refractivity contribution < 1.29 is 9.13 Å². The van der Waals surface area contributed by atoms with Crippen LogP contribution in [0.5, 0.6) is 5.75 Å². The lowest BCUT2D eigenvalue weighted by molar-refractivity contribution is 0.182. The second kappa shape index (κ2) is 6.92. The van der Waals surface area contributed by atoms with Gasteiger partial charge in [-0.15, -0.1) is 12.4 Å². The smallest absolute Gasteiger partial charge is 0.131 e. The molecule has 0 amide bonds. The van der Waals surface area contributed by atoms with Crippen LogP contribution in [0.3, 0.4) is 0 Å². The predicted octanol–water partition coefficient (Wildman–Crippen LogP) is 2.22. The number of nitrogens with zero attached hydrogens (tertiary/aromatic N) is 1. The van der Waals surface area contributed by atoms with Crippen molar-refractivity contribution in [3.63, 3.8) is 0 Å². The molecule has 1 fully saturated rings. The maximum Gasteiger partial charge on any atom is 0.131 e. The monoisotopic (exact) mass is 274 g/mol. The lowest BCUT2D eigenvalue weighted by Crippen LogP contribution is -2.44. The molecule has 0 aromatic heterocycles. The minimum absolute atomic E-state index is 0. The molecule has 3 nitrogen and oxygen atoms in total. The Balaban J connectivity index is 0.00000162. The summed E-state index contributed by atoms with van der Waals surface area (Å²) in [5, 5.41) is 3.30. The number of hydrogen-bond acceptors (Lipinski definition) is 3. The first-order chi connectivity index (χ1) is 8.22. The number of nitrogens with one attached hydrogen (secondary N) is 1. The van der Waals surface area contributed by atoms with E-state index >= 15 is 0 Å². The number of piperazine rings is 1. The molecule has 18 heavy (non-hydrogen) atoms. The van der Waals surface area contributed by atoms with Gasteiger partial charge < -0.3 is 10.1 Å². The standard InChI is InChI=1S/C13H19FN2O.ClH/c1-10(16-7-5-15-6-8-16)12-4-3-11(17-2)9-13(12)14;/h3-4,9-10,15H,5-8H2,1-2H3;1H/t10-;/m0./s1. The van der Waals surface area contributed by atoms with Crippen molar-refractivity contribution in [2.75, 3.05) is 33.3 Å². The van der Waals surface area contributed by atoms with Gasteiger partial charge >= 0.3 is 0 Å². The van der Waals surface area contributed by atoms with E-state index < -0.39 is 0 Å². The zero-order valence-electron chi connectivity index (χ0n) is 10.8. The number of methoxy groups -OCH3 is 1. The van der Waals surface area contributed by atoms with Gasteiger partial charge in [-0.3, -0.25) is 4.90 Å². The Morgan fingerprint density at radius 2 is 2.00 bits per heavy atom. The lowest BCUT2D eigenvalue weighted by Gasteiger charge is -2.33. The molecule has 1 aromatic carbocycles. The van der Waals surface area contributed by atoms with E-state index in [1.807, 2.05) is 12.1 Å². The molecule has 5 heteroatoms. The van der Waals surface area contributed by atoms with Crippen LogP contribution in [0, 0.1) is 5.82 Å². The van der Waals surface area contributed by atoms with Crippen molar-refractivity contribution in [1.29, 1.82) is 0 Å². The highest BCUT2D eigenvalue weighted by Crippen LogP contribution is 2.26. The van der Waals surface area contributed by atoms with Crippen molar-refractivity contribution in [2.45, 2.75) is 13.0 Å². The zero-order chi connectivity index (χ0) is 12.3. The number of benzene rings is 1. The second-order valence-corrected chi connectivity index (χ2v) is 4.35. The van der Waals surface area contributed by atoms with Crippen LogP contribution in [-0.4, -0.2) is 38.2 Å². The van der Waals surface area contributed by atoms with Gasteiger partial charge in [-0.05, 0) is 13.0 Å². The second-order valence-electron chi connectivity index (χ2n) is 4.35. The SMILES string of the molecule is COc1ccc([C@H](C)N2CCNCC2)c(F)c1.Cl. The molecule has 102 valence electrons. The zero-order valence-corrected chi connectivity index (χ0v) is 11.6. The molecule has 2 rings (SSSR count). The third kappa shape index (κ3) is 3.34. The number of rotatable bonds is 3. The van der Waals surface area contributed by atoms with Crippen LogP contribution in [0.15, 0.2) is 18.2 Å². The van der Waals surface area contributed by atoms with Crippen molar-refractivity contribution in [3.05, 3.63) is 29.6 Å². The average Bonchev–Trinajstić information content (AvgIpc) is 2.39. The summed E-state index contributed by atoms with van der Waals surface area (Å²) in [5.74, 6) is 0.383. The molecule has 1 aromatic rings. The Kier molecular flexibility index (Phi) is 5.85. The Hall–Kier alpha value is -0.840. The van der Waals surface area contributed by atoms with E-state index in [1.54, 1.807) is 7.11 Å². The molecule has 1 atom stereocenters. The van der Waals surface area contributed by atoms with Gasteiger partial charge in [0.25, 0.3) is 0 Å². The molecule has 1 heterocycles. The lowest BCUT2D eigenvalue weighted by atomic mass is 10.1. The molecule has 0 saturated carbocycles. The van der Waals surface area contributed by atoms with Crippen molar-refractivity contribution in [3.8, 4) is 5.75 Å². The fraction of sp³-hybridized carbons (Fsp3) is 0.538. The maximum atomic E-state index is 13.9. The van der Waals surface area contributed by atoms with Gasteiger partial charge in [0.2, 0.25) is 0 Å². The Morgan fingerprint density at radius 3 is 2.56 bits per heavy atom. The summed E-state index contributed by atoms with van der Waals surface area (Å²) in [4.78, 5) is 2.29. The van der Waals surface area contributed by atoms with Gasteiger partial charge in [0.15, 0.2) is 0 Å². The fourth-order valence-corrected chi connectivity index (χ4v) is 2.24. The molecule has 0 spiro atoms. The number of ether oxygens (including phenoxy) is 1. The number of hydrogen-bond donors (Lipinski definition) is 1. The molecular formula is C13H20ClFN2O. The van der Waals surface area contributed by atoms with E-state index in [4.69, 9.17) is 4.74 Å². The summed E-state index contributed by atoms with van der Waals surface area (Å²) < 4.78 is 18.9. The van der Waals surface area contributed by atoms with Gasteiger partial charge in [0.1, 0.15) is 11.6 Å². The van der Waals surface area contributed by atoms with Crippen LogP contribution in [0.4, 0.5) is 4.39 Å². The molecule has 1 aliphatic rings. The first kappa shape index (κ1) is 15.2. The van der Waals surface area contributed by atoms with Crippen LogP contribution in [0.25, 0.3) is 0 Å². The van der Waals surface area contributed by atoms with E-state index in [-0.39, 0.29) is 24.3 Å². The first-order valence-electron chi connectivity index (χ1n) is 6.00. The molecule has 1 aliphatic heterocycles. The van der Waals surface area contributed by atoms with Gasteiger partial charge in [-0.1, -0.05) is 6.07 Å². The molecule has 0 aliphatic carbocycles. The highest BCUT2D eigenvalue weighted by atomic mass is 35.5. The maximum absolute atomic E-state index is 13.9. The minimum atomic E-state index is -0.185. The molecule has 0 unspecified atom stereocenters. The van der Waals surface area contributed by atoms with Crippen LogP contribution in [0.2, 0.25) is 0 Å². The first-order valence-corrected chi connectivity index (χ1v) is 6.00. The average molecular weight is 275 g/mol. The molecule has 1 saturated heterocycles. The van der Waals surface area contributed by atoms with E-state index in [0.29, 0.717) is 5.75 Å². The summed E-state index contributed by atoms with van der Waals surface area (Å²) in [7, 11) is 1.55. The summed E-state index contributed by atoms with van der Waals surface area (Å²) in [6.45, 7) is 5.93. The van der Waals surface area contributed by atoms with Crippen molar-refractivity contribution in [2.24, 2.45) is 0 Å². The molecule has 0 radical (unpaired) electrons. The fourth-order valence-electron chi connectivity index (χ4n) is 2.24. The summed E-state index contributed by atoms with van der Waals surface area (Å²) in [5.41, 5.74) is 0.743. The van der Waals surface area contributed by atoms with Gasteiger partial charge in [-0.2, -0.15) is 0 Å². The molecule has 0 bridgehead atoms. The van der Waals surface area contributed by atoms with E-state index in [9.17, 15) is 4.39 Å². The summed E-state index contributed by atoms with van der Waals surface area (Å²) in [6, 6.07) is 5.20. The minimum Gasteiger partial charge on any atom is -0.497 e. The normalized spacial score (nSPS) is 17.9. The van der Waals surface area contributed by atoms with Crippen molar-refractivity contribution >= 4 is 12.4 Å². The summed E-state index contributed by atoms with van der Waals surface area (Å²) in [6.07, 6.45) is 0. The van der Waals surface area contributed by atoms with E-state index in [0.717, 1.165) is 31.7 Å². The summed E-state index contributed by atoms with van der Waals surface area (Å²) >= 11 is 0. The van der Waals surface area contributed by atoms with Gasteiger partial charge in [0, 0.05) is 43.9 Å². The topological polar surface area (TPSA) is 24.5 Å². The van der Waals surface area contributed by atoms with E-state index in [1.165, 1.54) is 6.07 Å². The van der Waals surface area contributed by atoms with Crippen LogP contribution >= 0.6 is 12.4 Å². The number of halogens is 2. The molecular weight excluding hydrogens is 255 g/mol. The third-order valence-electron chi connectivity index (χ3n) is 3.36. The van der Waals surface area contributed by atoms with Crippen molar-refractivity contribution in [1.82, 2.24) is 10.2 Å². The van der Waals surface area contributed by atoms with Gasteiger partial charge in [0.05, 0.1) is 7.11 Å². The Morgan fingerprint density at radius 1 is 1.33 bits per heavy atom. The van der Waals surface area contributed by atoms with Gasteiger partial charge in [-0.25, -0.2) is 4.39 Å². The van der Waals surface area contributed by atoms with Crippen LogP contribution < -0.4 is 10.1 Å². The Labute approximate surface area is 114 Å². The van der Waals surface area contributed by atoms with Crippen LogP contribution in [-0.2, 0) is 0 Å². The third-order valence-corrected chi connectivity index (χ3v) is 3.36. The highest BCUT2D eigenvalue weighted by Gasteiger charge is 2.20. The molecule has 1 N–H and O–H groups in total.